The first-order valence-corrected chi connectivity index (χ1v) is 7.75. The van der Waals surface area contributed by atoms with Gasteiger partial charge in [-0.05, 0) is 18.6 Å². The van der Waals surface area contributed by atoms with Gasteiger partial charge in [0.2, 0.25) is 5.89 Å². The van der Waals surface area contributed by atoms with Crippen molar-refractivity contribution in [2.45, 2.75) is 39.2 Å². The maximum atomic E-state index is 11.8. The SMILES string of the molecule is CCCCC(C(=O)O)n1c(-c2nnc(C)o2)cc2ccccc21. The molecular formula is C17H19N3O3. The molecule has 0 saturated heterocycles. The van der Waals surface area contributed by atoms with Gasteiger partial charge in [0.1, 0.15) is 11.7 Å². The lowest BCUT2D eigenvalue weighted by Gasteiger charge is -2.17. The number of para-hydroxylation sites is 1. The number of aliphatic carboxylic acids is 1. The number of rotatable bonds is 6. The highest BCUT2D eigenvalue weighted by molar-refractivity contribution is 5.88. The number of hydrogen-bond acceptors (Lipinski definition) is 4. The van der Waals surface area contributed by atoms with E-state index in [0.717, 1.165) is 23.7 Å². The second-order valence-electron chi connectivity index (χ2n) is 5.58. The van der Waals surface area contributed by atoms with Gasteiger partial charge in [-0.2, -0.15) is 0 Å². The molecule has 0 fully saturated rings. The second-order valence-corrected chi connectivity index (χ2v) is 5.58. The van der Waals surface area contributed by atoms with Gasteiger partial charge in [-0.15, -0.1) is 10.2 Å². The van der Waals surface area contributed by atoms with E-state index in [-0.39, 0.29) is 0 Å². The van der Waals surface area contributed by atoms with E-state index in [0.29, 0.717) is 23.9 Å². The van der Waals surface area contributed by atoms with Crippen molar-refractivity contribution in [1.82, 2.24) is 14.8 Å². The Morgan fingerprint density at radius 1 is 1.35 bits per heavy atom. The fraction of sp³-hybridized carbons (Fsp3) is 0.353. The van der Waals surface area contributed by atoms with Crippen LogP contribution in [0.5, 0.6) is 0 Å². The van der Waals surface area contributed by atoms with Gasteiger partial charge in [-0.3, -0.25) is 0 Å². The number of fused-ring (bicyclic) bond motifs is 1. The fourth-order valence-corrected chi connectivity index (χ4v) is 2.84. The Kier molecular flexibility index (Phi) is 4.14. The zero-order chi connectivity index (χ0) is 16.4. The summed E-state index contributed by atoms with van der Waals surface area (Å²) >= 11 is 0. The Labute approximate surface area is 133 Å². The molecule has 1 N–H and O–H groups in total. The van der Waals surface area contributed by atoms with E-state index in [2.05, 4.69) is 17.1 Å². The van der Waals surface area contributed by atoms with E-state index in [9.17, 15) is 9.90 Å². The highest BCUT2D eigenvalue weighted by Gasteiger charge is 2.26. The number of aryl methyl sites for hydroxylation is 1. The van der Waals surface area contributed by atoms with Gasteiger partial charge >= 0.3 is 5.97 Å². The highest BCUT2D eigenvalue weighted by Crippen LogP contribution is 2.32. The van der Waals surface area contributed by atoms with E-state index in [1.54, 1.807) is 11.5 Å². The Balaban J connectivity index is 2.21. The molecular weight excluding hydrogens is 294 g/mol. The lowest BCUT2D eigenvalue weighted by molar-refractivity contribution is -0.141. The molecule has 1 atom stereocenters. The Bertz CT molecular complexity index is 835. The molecule has 2 heterocycles. The zero-order valence-electron chi connectivity index (χ0n) is 13.2. The number of unbranched alkanes of at least 4 members (excludes halogenated alkanes) is 1. The first-order valence-electron chi connectivity index (χ1n) is 7.75. The molecule has 1 aromatic carbocycles. The smallest absolute Gasteiger partial charge is 0.326 e. The van der Waals surface area contributed by atoms with Crippen LogP contribution in [0.1, 0.15) is 38.1 Å². The van der Waals surface area contributed by atoms with Crippen molar-refractivity contribution < 1.29 is 14.3 Å². The van der Waals surface area contributed by atoms with Crippen LogP contribution in [0.15, 0.2) is 34.7 Å². The number of nitrogens with zero attached hydrogens (tertiary/aromatic N) is 3. The first kappa shape index (κ1) is 15.3. The lowest BCUT2D eigenvalue weighted by atomic mass is 10.1. The molecule has 120 valence electrons. The van der Waals surface area contributed by atoms with Crippen molar-refractivity contribution in [1.29, 1.82) is 0 Å². The molecule has 0 bridgehead atoms. The van der Waals surface area contributed by atoms with Crippen LogP contribution in [0.2, 0.25) is 0 Å². The van der Waals surface area contributed by atoms with Gasteiger partial charge in [-0.1, -0.05) is 38.0 Å². The minimum Gasteiger partial charge on any atom is -0.480 e. The quantitative estimate of drug-likeness (QED) is 0.748. The zero-order valence-corrected chi connectivity index (χ0v) is 13.2. The third-order valence-corrected chi connectivity index (χ3v) is 3.92. The van der Waals surface area contributed by atoms with Crippen LogP contribution in [0, 0.1) is 6.92 Å². The molecule has 0 aliphatic carbocycles. The van der Waals surface area contributed by atoms with Crippen molar-refractivity contribution in [2.75, 3.05) is 0 Å². The molecule has 2 aromatic heterocycles. The van der Waals surface area contributed by atoms with E-state index in [1.165, 1.54) is 0 Å². The van der Waals surface area contributed by atoms with Crippen molar-refractivity contribution in [2.24, 2.45) is 0 Å². The Morgan fingerprint density at radius 2 is 2.13 bits per heavy atom. The second kappa shape index (κ2) is 6.24. The van der Waals surface area contributed by atoms with Gasteiger partial charge in [0.15, 0.2) is 0 Å². The molecule has 6 nitrogen and oxygen atoms in total. The summed E-state index contributed by atoms with van der Waals surface area (Å²) in [5.74, 6) is -0.0454. The van der Waals surface area contributed by atoms with Crippen LogP contribution in [0.4, 0.5) is 0 Å². The summed E-state index contributed by atoms with van der Waals surface area (Å²) in [5.41, 5.74) is 1.51. The summed E-state index contributed by atoms with van der Waals surface area (Å²) in [6.07, 6.45) is 2.34. The Hall–Kier alpha value is -2.63. The van der Waals surface area contributed by atoms with Crippen molar-refractivity contribution >= 4 is 16.9 Å². The number of carbonyl (C=O) groups is 1. The van der Waals surface area contributed by atoms with E-state index < -0.39 is 12.0 Å². The van der Waals surface area contributed by atoms with Gasteiger partial charge < -0.3 is 14.1 Å². The fourth-order valence-electron chi connectivity index (χ4n) is 2.84. The van der Waals surface area contributed by atoms with Gasteiger partial charge in [0.25, 0.3) is 5.89 Å². The van der Waals surface area contributed by atoms with Crippen LogP contribution in [-0.2, 0) is 4.79 Å². The third kappa shape index (κ3) is 2.84. The van der Waals surface area contributed by atoms with Crippen LogP contribution in [0.25, 0.3) is 22.5 Å². The summed E-state index contributed by atoms with van der Waals surface area (Å²) in [4.78, 5) is 11.8. The summed E-state index contributed by atoms with van der Waals surface area (Å²) < 4.78 is 7.34. The van der Waals surface area contributed by atoms with E-state index in [4.69, 9.17) is 4.42 Å². The average Bonchev–Trinajstić information content (AvgIpc) is 3.11. The maximum absolute atomic E-state index is 11.8. The minimum atomic E-state index is -0.850. The number of carboxylic acid groups (broad SMARTS) is 1. The van der Waals surface area contributed by atoms with Crippen molar-refractivity contribution in [3.63, 3.8) is 0 Å². The summed E-state index contributed by atoms with van der Waals surface area (Å²) in [6, 6.07) is 8.96. The molecule has 0 amide bonds. The van der Waals surface area contributed by atoms with Crippen LogP contribution in [-0.4, -0.2) is 25.8 Å². The number of aromatic nitrogens is 3. The number of benzene rings is 1. The molecule has 0 aliphatic rings. The predicted octanol–water partition coefficient (Wildman–Crippen LogP) is 3.82. The number of carboxylic acids is 1. The maximum Gasteiger partial charge on any atom is 0.326 e. The molecule has 0 saturated carbocycles. The summed E-state index contributed by atoms with van der Waals surface area (Å²) in [5, 5.41) is 18.6. The van der Waals surface area contributed by atoms with Gasteiger partial charge in [-0.25, -0.2) is 4.79 Å². The predicted molar refractivity (Wildman–Crippen MR) is 86.2 cm³/mol. The first-order chi connectivity index (χ1) is 11.1. The largest absolute Gasteiger partial charge is 0.480 e. The normalized spacial score (nSPS) is 12.6. The van der Waals surface area contributed by atoms with Crippen LogP contribution in [0.3, 0.4) is 0 Å². The van der Waals surface area contributed by atoms with Crippen molar-refractivity contribution in [3.8, 4) is 11.6 Å². The molecule has 3 aromatic rings. The lowest BCUT2D eigenvalue weighted by Crippen LogP contribution is -2.19. The molecule has 0 aliphatic heterocycles. The van der Waals surface area contributed by atoms with E-state index in [1.807, 2.05) is 30.3 Å². The average molecular weight is 313 g/mol. The van der Waals surface area contributed by atoms with Gasteiger partial charge in [0.05, 0.1) is 0 Å². The topological polar surface area (TPSA) is 81.1 Å². The molecule has 0 radical (unpaired) electrons. The molecule has 1 unspecified atom stereocenters. The molecule has 23 heavy (non-hydrogen) atoms. The van der Waals surface area contributed by atoms with Crippen molar-refractivity contribution in [3.05, 3.63) is 36.2 Å². The molecule has 6 heteroatoms. The standard InChI is InChI=1S/C17H19N3O3/c1-3-4-8-14(17(21)22)20-13-9-6-5-7-12(13)10-15(20)16-19-18-11(2)23-16/h5-7,9-10,14H,3-4,8H2,1-2H3,(H,21,22). The monoisotopic (exact) mass is 313 g/mol. The minimum absolute atomic E-state index is 0.349. The number of hydrogen-bond donors (Lipinski definition) is 1. The van der Waals surface area contributed by atoms with Gasteiger partial charge in [0, 0.05) is 17.8 Å². The third-order valence-electron chi connectivity index (χ3n) is 3.92. The summed E-state index contributed by atoms with van der Waals surface area (Å²) in [7, 11) is 0. The molecule has 3 rings (SSSR count). The Morgan fingerprint density at radius 3 is 2.78 bits per heavy atom. The highest BCUT2D eigenvalue weighted by atomic mass is 16.4. The summed E-state index contributed by atoms with van der Waals surface area (Å²) in [6.45, 7) is 3.77. The van der Waals surface area contributed by atoms with E-state index >= 15 is 0 Å². The van der Waals surface area contributed by atoms with Crippen LogP contribution < -0.4 is 0 Å². The molecule has 0 spiro atoms. The van der Waals surface area contributed by atoms with Crippen LogP contribution >= 0.6 is 0 Å².